The number of nitrogens with one attached hydrogen (secondary N) is 2. The Balaban J connectivity index is 1.58. The number of nitrogens with zero attached hydrogens (tertiary/aromatic N) is 2. The normalized spacial score (nSPS) is 10.8. The molecule has 0 spiro atoms. The molecule has 2 N–H and O–H groups in total. The third kappa shape index (κ3) is 5.00. The number of rotatable bonds is 5. The molecule has 0 aliphatic rings. The van der Waals surface area contributed by atoms with Gasteiger partial charge in [0.15, 0.2) is 5.11 Å². The summed E-state index contributed by atoms with van der Waals surface area (Å²) in [5.41, 5.74) is 6.72. The van der Waals surface area contributed by atoms with Crippen LogP contribution in [-0.4, -0.2) is 15.9 Å². The number of hydrogen-bond donors (Lipinski definition) is 2. The van der Waals surface area contributed by atoms with E-state index < -0.39 is 0 Å². The highest BCUT2D eigenvalue weighted by molar-refractivity contribution is 7.80. The zero-order chi connectivity index (χ0) is 18.4. The Kier molecular flexibility index (Phi) is 5.76. The van der Waals surface area contributed by atoms with E-state index in [0.29, 0.717) is 10.8 Å². The largest absolute Gasteiger partial charge is 0.342 e. The van der Waals surface area contributed by atoms with E-state index in [1.54, 1.807) is 18.3 Å². The molecule has 1 heterocycles. The number of thiocarbonyl (C=S) groups is 1. The standard InChI is InChI=1S/C20H19FN4S/c1-15-7-9-16(10-8-15)14-25-11-3-6-19(25)13-22-24-20(26)23-18-5-2-4-17(21)12-18/h2-13H,14H2,1H3,(H2,23,24,26)/b22-13+. The third-order valence-electron chi connectivity index (χ3n) is 3.78. The van der Waals surface area contributed by atoms with E-state index in [4.69, 9.17) is 12.2 Å². The highest BCUT2D eigenvalue weighted by atomic mass is 32.1. The van der Waals surface area contributed by atoms with Gasteiger partial charge in [0.1, 0.15) is 5.82 Å². The van der Waals surface area contributed by atoms with Gasteiger partial charge in [-0.3, -0.25) is 5.43 Å². The molecule has 0 saturated carbocycles. The van der Waals surface area contributed by atoms with Crippen molar-refractivity contribution in [2.45, 2.75) is 13.5 Å². The Morgan fingerprint density at radius 1 is 1.15 bits per heavy atom. The molecule has 0 fully saturated rings. The Bertz CT molecular complexity index is 916. The van der Waals surface area contributed by atoms with Crippen LogP contribution < -0.4 is 10.7 Å². The fraction of sp³-hybridized carbons (Fsp3) is 0.100. The Hall–Kier alpha value is -2.99. The fourth-order valence-corrected chi connectivity index (χ4v) is 2.63. The van der Waals surface area contributed by atoms with Gasteiger partial charge >= 0.3 is 0 Å². The Labute approximate surface area is 157 Å². The molecule has 0 saturated heterocycles. The number of halogens is 1. The van der Waals surface area contributed by atoms with Gasteiger partial charge in [0.25, 0.3) is 0 Å². The highest BCUT2D eigenvalue weighted by Gasteiger charge is 2.01. The van der Waals surface area contributed by atoms with Crippen molar-refractivity contribution in [1.82, 2.24) is 9.99 Å². The van der Waals surface area contributed by atoms with Crippen LogP contribution in [0.4, 0.5) is 10.1 Å². The maximum absolute atomic E-state index is 13.2. The monoisotopic (exact) mass is 366 g/mol. The Morgan fingerprint density at radius 2 is 1.96 bits per heavy atom. The summed E-state index contributed by atoms with van der Waals surface area (Å²) in [6, 6.07) is 18.5. The number of aryl methyl sites for hydroxylation is 1. The van der Waals surface area contributed by atoms with Gasteiger partial charge in [-0.15, -0.1) is 0 Å². The molecule has 0 atom stereocenters. The predicted octanol–water partition coefficient (Wildman–Crippen LogP) is 4.30. The molecule has 0 unspecified atom stereocenters. The predicted molar refractivity (Wildman–Crippen MR) is 108 cm³/mol. The van der Waals surface area contributed by atoms with E-state index in [0.717, 1.165) is 12.2 Å². The summed E-state index contributed by atoms with van der Waals surface area (Å²) in [5.74, 6) is -0.324. The van der Waals surface area contributed by atoms with Crippen molar-refractivity contribution in [2.75, 3.05) is 5.32 Å². The highest BCUT2D eigenvalue weighted by Crippen LogP contribution is 2.09. The van der Waals surface area contributed by atoms with E-state index in [1.807, 2.05) is 18.3 Å². The van der Waals surface area contributed by atoms with Crippen LogP contribution in [0, 0.1) is 12.7 Å². The van der Waals surface area contributed by atoms with Crippen molar-refractivity contribution < 1.29 is 4.39 Å². The van der Waals surface area contributed by atoms with Crippen LogP contribution >= 0.6 is 12.2 Å². The maximum atomic E-state index is 13.2. The fourth-order valence-electron chi connectivity index (χ4n) is 2.46. The molecular weight excluding hydrogens is 347 g/mol. The SMILES string of the molecule is Cc1ccc(Cn2cccc2/C=N/NC(=S)Nc2cccc(F)c2)cc1. The molecule has 1 aromatic heterocycles. The first kappa shape index (κ1) is 17.8. The van der Waals surface area contributed by atoms with Crippen LogP contribution in [-0.2, 0) is 6.54 Å². The van der Waals surface area contributed by atoms with Crippen LogP contribution in [0.5, 0.6) is 0 Å². The first-order valence-electron chi connectivity index (χ1n) is 8.16. The lowest BCUT2D eigenvalue weighted by molar-refractivity contribution is 0.628. The van der Waals surface area contributed by atoms with Crippen molar-refractivity contribution >= 4 is 29.2 Å². The number of hydrazone groups is 1. The maximum Gasteiger partial charge on any atom is 0.191 e. The average molecular weight is 366 g/mol. The second kappa shape index (κ2) is 8.40. The minimum absolute atomic E-state index is 0.295. The molecule has 0 aliphatic carbocycles. The molecule has 4 nitrogen and oxygen atoms in total. The zero-order valence-corrected chi connectivity index (χ0v) is 15.1. The molecule has 26 heavy (non-hydrogen) atoms. The number of hydrogen-bond acceptors (Lipinski definition) is 2. The van der Waals surface area contributed by atoms with E-state index >= 15 is 0 Å². The summed E-state index contributed by atoms with van der Waals surface area (Å²) in [4.78, 5) is 0. The smallest absolute Gasteiger partial charge is 0.191 e. The molecule has 0 aliphatic heterocycles. The molecule has 3 rings (SSSR count). The first-order chi connectivity index (χ1) is 12.6. The lowest BCUT2D eigenvalue weighted by Crippen LogP contribution is -2.24. The van der Waals surface area contributed by atoms with Crippen molar-refractivity contribution in [3.63, 3.8) is 0 Å². The van der Waals surface area contributed by atoms with Gasteiger partial charge in [0, 0.05) is 18.4 Å². The third-order valence-corrected chi connectivity index (χ3v) is 3.98. The molecule has 0 radical (unpaired) electrons. The van der Waals surface area contributed by atoms with Crippen LogP contribution in [0.2, 0.25) is 0 Å². The lowest BCUT2D eigenvalue weighted by Gasteiger charge is -2.08. The summed E-state index contributed by atoms with van der Waals surface area (Å²) in [7, 11) is 0. The number of benzene rings is 2. The Morgan fingerprint density at radius 3 is 2.73 bits per heavy atom. The van der Waals surface area contributed by atoms with Crippen molar-refractivity contribution in [3.8, 4) is 0 Å². The van der Waals surface area contributed by atoms with E-state index in [2.05, 4.69) is 51.6 Å². The van der Waals surface area contributed by atoms with Gasteiger partial charge in [-0.1, -0.05) is 35.9 Å². The van der Waals surface area contributed by atoms with Crippen molar-refractivity contribution in [1.29, 1.82) is 0 Å². The number of aromatic nitrogens is 1. The first-order valence-corrected chi connectivity index (χ1v) is 8.57. The van der Waals surface area contributed by atoms with E-state index in [-0.39, 0.29) is 5.82 Å². The molecular formula is C20H19FN4S. The summed E-state index contributed by atoms with van der Waals surface area (Å²) in [6.45, 7) is 2.84. The van der Waals surface area contributed by atoms with Gasteiger partial charge in [-0.2, -0.15) is 5.10 Å². The molecule has 2 aromatic carbocycles. The second-order valence-corrected chi connectivity index (χ2v) is 6.29. The molecule has 6 heteroatoms. The molecule has 3 aromatic rings. The lowest BCUT2D eigenvalue weighted by atomic mass is 10.1. The molecule has 0 amide bonds. The van der Waals surface area contributed by atoms with E-state index in [1.165, 1.54) is 23.3 Å². The number of anilines is 1. The zero-order valence-electron chi connectivity index (χ0n) is 14.3. The second-order valence-electron chi connectivity index (χ2n) is 5.88. The topological polar surface area (TPSA) is 41.4 Å². The van der Waals surface area contributed by atoms with E-state index in [9.17, 15) is 4.39 Å². The summed E-state index contributed by atoms with van der Waals surface area (Å²) >= 11 is 5.16. The molecule has 132 valence electrons. The summed E-state index contributed by atoms with van der Waals surface area (Å²) in [6.07, 6.45) is 3.71. The van der Waals surface area contributed by atoms with Gasteiger partial charge in [0.05, 0.1) is 11.9 Å². The van der Waals surface area contributed by atoms with Crippen LogP contribution in [0.3, 0.4) is 0 Å². The van der Waals surface area contributed by atoms with Crippen molar-refractivity contribution in [3.05, 3.63) is 89.5 Å². The van der Waals surface area contributed by atoms with Gasteiger partial charge in [-0.05, 0) is 55.0 Å². The quantitative estimate of drug-likeness (QED) is 0.402. The van der Waals surface area contributed by atoms with Crippen LogP contribution in [0.25, 0.3) is 0 Å². The van der Waals surface area contributed by atoms with Gasteiger partial charge in [0.2, 0.25) is 0 Å². The van der Waals surface area contributed by atoms with Crippen LogP contribution in [0.15, 0.2) is 72.0 Å². The van der Waals surface area contributed by atoms with Gasteiger partial charge in [-0.25, -0.2) is 4.39 Å². The van der Waals surface area contributed by atoms with Crippen molar-refractivity contribution in [2.24, 2.45) is 5.10 Å². The minimum Gasteiger partial charge on any atom is -0.342 e. The summed E-state index contributed by atoms with van der Waals surface area (Å²) in [5, 5.41) is 7.33. The summed E-state index contributed by atoms with van der Waals surface area (Å²) < 4.78 is 15.3. The molecule has 0 bridgehead atoms. The van der Waals surface area contributed by atoms with Gasteiger partial charge < -0.3 is 9.88 Å². The minimum atomic E-state index is -0.324. The van der Waals surface area contributed by atoms with Crippen LogP contribution in [0.1, 0.15) is 16.8 Å². The average Bonchev–Trinajstić information content (AvgIpc) is 3.04.